The van der Waals surface area contributed by atoms with Crippen LogP contribution in [0.25, 0.3) is 0 Å². The fraction of sp³-hybridized carbons (Fsp3) is 1.00. The van der Waals surface area contributed by atoms with E-state index in [0.717, 1.165) is 32.8 Å². The summed E-state index contributed by atoms with van der Waals surface area (Å²) >= 11 is 0. The zero-order valence-corrected chi connectivity index (χ0v) is 7.73. The summed E-state index contributed by atoms with van der Waals surface area (Å²) in [6, 6.07) is 0. The lowest BCUT2D eigenvalue weighted by Gasteiger charge is -2.26. The maximum atomic E-state index is 5.67. The quantitative estimate of drug-likeness (QED) is 0.624. The Balaban J connectivity index is 1.97. The van der Waals surface area contributed by atoms with Crippen molar-refractivity contribution in [2.45, 2.75) is 19.4 Å². The number of ether oxygens (including phenoxy) is 1. The largest absolute Gasteiger partial charge is 0.376 e. The minimum Gasteiger partial charge on any atom is -0.376 e. The minimum atomic E-state index is 0.413. The van der Waals surface area contributed by atoms with Gasteiger partial charge >= 0.3 is 0 Å². The van der Waals surface area contributed by atoms with Gasteiger partial charge < -0.3 is 15.4 Å². The van der Waals surface area contributed by atoms with Crippen molar-refractivity contribution >= 4 is 0 Å². The van der Waals surface area contributed by atoms with Crippen molar-refractivity contribution in [3.63, 3.8) is 0 Å². The molecule has 0 aromatic heterocycles. The van der Waals surface area contributed by atoms with Gasteiger partial charge in [-0.1, -0.05) is 6.92 Å². The number of hydrogen-bond acceptors (Lipinski definition) is 3. The Kier molecular flexibility index (Phi) is 2.35. The third-order valence-electron chi connectivity index (χ3n) is 3.14. The molecule has 12 heavy (non-hydrogen) atoms. The predicted molar refractivity (Wildman–Crippen MR) is 48.2 cm³/mol. The van der Waals surface area contributed by atoms with E-state index in [1.807, 2.05) is 0 Å². The van der Waals surface area contributed by atoms with Crippen LogP contribution in [-0.2, 0) is 4.74 Å². The van der Waals surface area contributed by atoms with Gasteiger partial charge in [-0.25, -0.2) is 0 Å². The fourth-order valence-electron chi connectivity index (χ4n) is 2.31. The number of nitrogens with one attached hydrogen (secondary N) is 2. The van der Waals surface area contributed by atoms with Crippen molar-refractivity contribution in [1.82, 2.24) is 10.6 Å². The molecule has 0 spiro atoms. The van der Waals surface area contributed by atoms with Crippen LogP contribution in [0.4, 0.5) is 0 Å². The van der Waals surface area contributed by atoms with Crippen LogP contribution in [0.2, 0.25) is 0 Å². The molecule has 2 N–H and O–H groups in total. The van der Waals surface area contributed by atoms with Crippen LogP contribution >= 0.6 is 0 Å². The van der Waals surface area contributed by atoms with Gasteiger partial charge in [0.05, 0.1) is 6.10 Å². The second-order valence-corrected chi connectivity index (χ2v) is 3.88. The molecule has 3 nitrogen and oxygen atoms in total. The van der Waals surface area contributed by atoms with Crippen LogP contribution in [0.1, 0.15) is 13.3 Å². The van der Waals surface area contributed by atoms with E-state index < -0.39 is 0 Å². The highest BCUT2D eigenvalue weighted by atomic mass is 16.5. The van der Waals surface area contributed by atoms with E-state index in [2.05, 4.69) is 17.6 Å². The second kappa shape index (κ2) is 3.32. The lowest BCUT2D eigenvalue weighted by Crippen LogP contribution is -2.40. The number of rotatable bonds is 3. The summed E-state index contributed by atoms with van der Waals surface area (Å²) in [4.78, 5) is 0. The topological polar surface area (TPSA) is 33.3 Å². The van der Waals surface area contributed by atoms with Crippen LogP contribution in [0, 0.1) is 5.41 Å². The summed E-state index contributed by atoms with van der Waals surface area (Å²) in [6.45, 7) is 7.47. The van der Waals surface area contributed by atoms with Crippen LogP contribution in [0.15, 0.2) is 0 Å². The zero-order chi connectivity index (χ0) is 8.44. The summed E-state index contributed by atoms with van der Waals surface area (Å²) in [6.07, 6.45) is 1.69. The molecule has 2 saturated heterocycles. The van der Waals surface area contributed by atoms with Gasteiger partial charge in [0, 0.05) is 31.7 Å². The monoisotopic (exact) mass is 170 g/mol. The minimum absolute atomic E-state index is 0.413. The molecule has 0 saturated carbocycles. The summed E-state index contributed by atoms with van der Waals surface area (Å²) in [5.41, 5.74) is 0.413. The van der Waals surface area contributed by atoms with Gasteiger partial charge in [-0.05, 0) is 13.0 Å². The van der Waals surface area contributed by atoms with Gasteiger partial charge in [-0.3, -0.25) is 0 Å². The molecule has 2 aliphatic heterocycles. The molecule has 0 aliphatic carbocycles. The van der Waals surface area contributed by atoms with Crippen LogP contribution in [0.3, 0.4) is 0 Å². The van der Waals surface area contributed by atoms with Crippen LogP contribution in [-0.4, -0.2) is 38.9 Å². The van der Waals surface area contributed by atoms with Crippen molar-refractivity contribution < 1.29 is 4.74 Å². The maximum absolute atomic E-state index is 5.67. The lowest BCUT2D eigenvalue weighted by molar-refractivity contribution is 0.0826. The molecule has 2 aliphatic rings. The van der Waals surface area contributed by atoms with Gasteiger partial charge in [0.25, 0.3) is 0 Å². The van der Waals surface area contributed by atoms with Gasteiger partial charge in [-0.2, -0.15) is 0 Å². The summed E-state index contributed by atoms with van der Waals surface area (Å²) in [5.74, 6) is 0. The molecule has 0 aromatic carbocycles. The highest BCUT2D eigenvalue weighted by Gasteiger charge is 2.46. The molecule has 2 atom stereocenters. The Morgan fingerprint density at radius 3 is 3.42 bits per heavy atom. The second-order valence-electron chi connectivity index (χ2n) is 3.88. The number of hydrogen-bond donors (Lipinski definition) is 2. The number of fused-ring (bicyclic) bond motifs is 1. The first-order valence-electron chi connectivity index (χ1n) is 4.90. The predicted octanol–water partition coefficient (Wildman–Crippen LogP) is -0.0256. The molecule has 2 heterocycles. The third-order valence-corrected chi connectivity index (χ3v) is 3.14. The van der Waals surface area contributed by atoms with Crippen LogP contribution in [0.5, 0.6) is 0 Å². The first-order valence-corrected chi connectivity index (χ1v) is 4.90. The van der Waals surface area contributed by atoms with E-state index >= 15 is 0 Å². The Morgan fingerprint density at radius 1 is 1.67 bits per heavy atom. The van der Waals surface area contributed by atoms with Crippen molar-refractivity contribution in [3.05, 3.63) is 0 Å². The fourth-order valence-corrected chi connectivity index (χ4v) is 2.31. The molecular formula is C9H18N2O. The molecule has 70 valence electrons. The molecule has 3 heteroatoms. The Hall–Kier alpha value is -0.120. The molecule has 0 aromatic rings. The maximum Gasteiger partial charge on any atom is 0.0780 e. The smallest absolute Gasteiger partial charge is 0.0780 e. The zero-order valence-electron chi connectivity index (χ0n) is 7.73. The van der Waals surface area contributed by atoms with E-state index in [1.54, 1.807) is 0 Å². The van der Waals surface area contributed by atoms with Crippen molar-refractivity contribution in [3.8, 4) is 0 Å². The van der Waals surface area contributed by atoms with Crippen molar-refractivity contribution in [2.75, 3.05) is 32.8 Å². The molecular weight excluding hydrogens is 152 g/mol. The average Bonchev–Trinajstić information content (AvgIpc) is 2.58. The first kappa shape index (κ1) is 8.48. The average molecular weight is 170 g/mol. The highest BCUT2D eigenvalue weighted by molar-refractivity contribution is 5.00. The SMILES string of the molecule is CCNCC12CCOC1CNC2. The van der Waals surface area contributed by atoms with Crippen LogP contribution < -0.4 is 10.6 Å². The third kappa shape index (κ3) is 1.26. The van der Waals surface area contributed by atoms with E-state index in [9.17, 15) is 0 Å². The van der Waals surface area contributed by atoms with E-state index in [0.29, 0.717) is 11.5 Å². The Labute approximate surface area is 73.9 Å². The van der Waals surface area contributed by atoms with E-state index in [-0.39, 0.29) is 0 Å². The van der Waals surface area contributed by atoms with Gasteiger partial charge in [0.15, 0.2) is 0 Å². The normalized spacial score (nSPS) is 40.2. The molecule has 2 unspecified atom stereocenters. The standard InChI is InChI=1S/C9H18N2O/c1-2-10-6-9-3-4-12-8(9)5-11-7-9/h8,10-11H,2-7H2,1H3. The highest BCUT2D eigenvalue weighted by Crippen LogP contribution is 2.36. The summed E-state index contributed by atoms with van der Waals surface area (Å²) in [5, 5.41) is 6.84. The van der Waals surface area contributed by atoms with E-state index in [4.69, 9.17) is 4.74 Å². The molecule has 0 bridgehead atoms. The van der Waals surface area contributed by atoms with Crippen molar-refractivity contribution in [1.29, 1.82) is 0 Å². The summed E-state index contributed by atoms with van der Waals surface area (Å²) in [7, 11) is 0. The van der Waals surface area contributed by atoms with Gasteiger partial charge in [-0.15, -0.1) is 0 Å². The van der Waals surface area contributed by atoms with Crippen molar-refractivity contribution in [2.24, 2.45) is 5.41 Å². The molecule has 0 radical (unpaired) electrons. The Morgan fingerprint density at radius 2 is 2.58 bits per heavy atom. The van der Waals surface area contributed by atoms with Gasteiger partial charge in [0.2, 0.25) is 0 Å². The summed E-state index contributed by atoms with van der Waals surface area (Å²) < 4.78 is 5.67. The Bertz CT molecular complexity index is 151. The molecule has 0 amide bonds. The lowest BCUT2D eigenvalue weighted by atomic mass is 9.83. The molecule has 2 rings (SSSR count). The molecule has 2 fully saturated rings. The van der Waals surface area contributed by atoms with E-state index in [1.165, 1.54) is 6.42 Å². The first-order chi connectivity index (χ1) is 5.87. The van der Waals surface area contributed by atoms with Gasteiger partial charge in [0.1, 0.15) is 0 Å².